The molecule has 1 unspecified atom stereocenters. The second-order valence-corrected chi connectivity index (χ2v) is 7.23. The first-order chi connectivity index (χ1) is 10.0. The molecule has 0 aliphatic carbocycles. The predicted molar refractivity (Wildman–Crippen MR) is 81.8 cm³/mol. The maximum Gasteiger partial charge on any atom is 2.00 e. The molecule has 1 N–H and O–H groups in total. The van der Waals surface area contributed by atoms with Crippen LogP contribution in [0.25, 0.3) is 0 Å². The van der Waals surface area contributed by atoms with Crippen LogP contribution in [-0.4, -0.2) is 67.4 Å². The monoisotopic (exact) mass is 376 g/mol. The molecule has 0 saturated carbocycles. The summed E-state index contributed by atoms with van der Waals surface area (Å²) in [7, 11) is -5.22. The minimum absolute atomic E-state index is 0. The molecule has 23 heavy (non-hydrogen) atoms. The van der Waals surface area contributed by atoms with Crippen LogP contribution in [0, 0.1) is 5.41 Å². The molecule has 0 rings (SSSR count). The third-order valence-electron chi connectivity index (χ3n) is 4.63. The fourth-order valence-corrected chi connectivity index (χ4v) is 4.69. The summed E-state index contributed by atoms with van der Waals surface area (Å²) in [5, 5.41) is 22.7. The van der Waals surface area contributed by atoms with Crippen LogP contribution in [0.15, 0.2) is 0 Å². The van der Waals surface area contributed by atoms with Crippen LogP contribution in [0.5, 0.6) is 0 Å². The Morgan fingerprint density at radius 3 is 1.78 bits per heavy atom. The van der Waals surface area contributed by atoms with Crippen LogP contribution in [0.3, 0.4) is 0 Å². The Balaban J connectivity index is 0. The van der Waals surface area contributed by atoms with Gasteiger partial charge in [0, 0.05) is 12.4 Å². The Labute approximate surface area is 167 Å². The van der Waals surface area contributed by atoms with Gasteiger partial charge in [-0.15, -0.1) is 0 Å². The number of aliphatic carboxylic acids is 2. The molecule has 7 nitrogen and oxygen atoms in total. The third kappa shape index (κ3) is 5.29. The first-order valence-electron chi connectivity index (χ1n) is 7.43. The van der Waals surface area contributed by atoms with Gasteiger partial charge in [-0.25, -0.2) is 0 Å². The summed E-state index contributed by atoms with van der Waals surface area (Å²) < 4.78 is 30.4. The molecule has 0 heterocycles. The molecule has 9 heteroatoms. The van der Waals surface area contributed by atoms with Gasteiger partial charge in [-0.3, -0.25) is 4.55 Å². The van der Waals surface area contributed by atoms with Gasteiger partial charge in [-0.05, 0) is 24.7 Å². The van der Waals surface area contributed by atoms with Gasteiger partial charge in [-0.1, -0.05) is 40.0 Å². The summed E-state index contributed by atoms with van der Waals surface area (Å²) >= 11 is 0. The van der Waals surface area contributed by atoms with E-state index in [9.17, 15) is 32.8 Å². The number of unbranched alkanes of at least 4 members (excludes halogenated alkanes) is 2. The quantitative estimate of drug-likeness (QED) is 0.292. The number of carbonyl (C=O) groups excluding carboxylic acids is 2. The van der Waals surface area contributed by atoms with E-state index in [2.05, 4.69) is 0 Å². The zero-order valence-corrected chi connectivity index (χ0v) is 17.0. The Morgan fingerprint density at radius 1 is 1.04 bits per heavy atom. The second-order valence-electron chi connectivity index (χ2n) is 5.58. The molecule has 0 spiro atoms. The van der Waals surface area contributed by atoms with E-state index in [0.717, 1.165) is 12.8 Å². The Bertz CT molecular complexity index is 499. The van der Waals surface area contributed by atoms with Gasteiger partial charge in [0.25, 0.3) is 10.1 Å². The summed E-state index contributed by atoms with van der Waals surface area (Å²) in [4.78, 5) is 22.7. The number of carboxylic acid groups (broad SMARTS) is 2. The van der Waals surface area contributed by atoms with E-state index in [0.29, 0.717) is 6.42 Å². The Kier molecular flexibility index (Phi) is 11.2. The van der Waals surface area contributed by atoms with Gasteiger partial charge < -0.3 is 19.8 Å². The maximum atomic E-state index is 11.9. The second kappa shape index (κ2) is 10.2. The molecule has 0 aromatic carbocycles. The topological polar surface area (TPSA) is 135 Å². The van der Waals surface area contributed by atoms with Crippen molar-refractivity contribution < 1.29 is 32.8 Å². The first-order valence-corrected chi connectivity index (χ1v) is 8.87. The molecule has 0 fully saturated rings. The molecule has 130 valence electrons. The van der Waals surface area contributed by atoms with E-state index >= 15 is 0 Å². The average Bonchev–Trinajstić information content (AvgIpc) is 2.40. The molecule has 0 aromatic heterocycles. The number of hydrogen-bond donors (Lipinski definition) is 1. The Morgan fingerprint density at radius 2 is 1.52 bits per heavy atom. The largest absolute Gasteiger partial charge is 2.00 e. The van der Waals surface area contributed by atoms with Gasteiger partial charge in [0.05, 0.1) is 5.97 Å². The van der Waals surface area contributed by atoms with Gasteiger partial charge in [0.1, 0.15) is 4.75 Å². The molecule has 0 radical (unpaired) electrons. The van der Waals surface area contributed by atoms with Gasteiger partial charge >= 0.3 is 37.7 Å². The average molecular weight is 376 g/mol. The van der Waals surface area contributed by atoms with Crippen molar-refractivity contribution in [1.82, 2.24) is 0 Å². The Hall–Kier alpha value is 0.110. The summed E-state index contributed by atoms with van der Waals surface area (Å²) in [6.45, 7) is 5.08. The standard InChI is InChI=1S/C14H26O7S.Ca/c1-4-7-8-9-13(5-2,6-3)14(12(17)18,10-11(15)16)22(19,20)21;/h4-10H2,1-3H3,(H,15,16)(H,17,18)(H,19,20,21);/q;+2/p-2. The molecular weight excluding hydrogens is 352 g/mol. The molecule has 0 amide bonds. The van der Waals surface area contributed by atoms with Crippen molar-refractivity contribution in [1.29, 1.82) is 0 Å². The molecule has 1 atom stereocenters. The molecule has 0 saturated heterocycles. The molecule has 0 aliphatic rings. The van der Waals surface area contributed by atoms with E-state index in [4.69, 9.17) is 0 Å². The van der Waals surface area contributed by atoms with Crippen molar-refractivity contribution in [2.75, 3.05) is 0 Å². The van der Waals surface area contributed by atoms with Crippen LogP contribution < -0.4 is 10.2 Å². The molecular formula is C14H24CaO7S. The van der Waals surface area contributed by atoms with Crippen molar-refractivity contribution >= 4 is 59.8 Å². The zero-order chi connectivity index (χ0) is 17.6. The number of rotatable bonds is 11. The number of hydrogen-bond acceptors (Lipinski definition) is 6. The van der Waals surface area contributed by atoms with Crippen molar-refractivity contribution in [3.05, 3.63) is 0 Å². The van der Waals surface area contributed by atoms with Gasteiger partial charge in [0.15, 0.2) is 0 Å². The predicted octanol–water partition coefficient (Wildman–Crippen LogP) is -0.491. The van der Waals surface area contributed by atoms with Crippen molar-refractivity contribution in [2.24, 2.45) is 5.41 Å². The molecule has 0 aliphatic heterocycles. The van der Waals surface area contributed by atoms with Crippen LogP contribution in [0.4, 0.5) is 0 Å². The maximum absolute atomic E-state index is 11.9. The van der Waals surface area contributed by atoms with Crippen molar-refractivity contribution in [3.63, 3.8) is 0 Å². The van der Waals surface area contributed by atoms with Crippen LogP contribution in [-0.2, 0) is 19.7 Å². The first kappa shape index (κ1) is 25.4. The fraction of sp³-hybridized carbons (Fsp3) is 0.857. The summed E-state index contributed by atoms with van der Waals surface area (Å²) in [5.74, 6) is -3.96. The van der Waals surface area contributed by atoms with Crippen LogP contribution in [0.2, 0.25) is 0 Å². The zero-order valence-electron chi connectivity index (χ0n) is 14.0. The van der Waals surface area contributed by atoms with Gasteiger partial charge in [0.2, 0.25) is 0 Å². The van der Waals surface area contributed by atoms with Crippen LogP contribution in [0.1, 0.15) is 65.7 Å². The summed E-state index contributed by atoms with van der Waals surface area (Å²) in [5.41, 5.74) is -1.44. The minimum atomic E-state index is -5.22. The van der Waals surface area contributed by atoms with E-state index in [-0.39, 0.29) is 57.0 Å². The summed E-state index contributed by atoms with van der Waals surface area (Å²) in [6.07, 6.45) is 1.07. The van der Waals surface area contributed by atoms with Crippen LogP contribution >= 0.6 is 0 Å². The van der Waals surface area contributed by atoms with Gasteiger partial charge in [-0.2, -0.15) is 8.42 Å². The normalized spacial score (nSPS) is 14.6. The third-order valence-corrected chi connectivity index (χ3v) is 6.26. The van der Waals surface area contributed by atoms with Crippen molar-refractivity contribution in [2.45, 2.75) is 70.5 Å². The SMILES string of the molecule is CCCCCC(CC)(CC)C(CC(=O)[O-])(C(=O)[O-])S(=O)(=O)O.[Ca+2]. The minimum Gasteiger partial charge on any atom is -0.550 e. The smallest absolute Gasteiger partial charge is 0.550 e. The van der Waals surface area contributed by atoms with Crippen molar-refractivity contribution in [3.8, 4) is 0 Å². The van der Waals surface area contributed by atoms with E-state index in [1.165, 1.54) is 0 Å². The molecule has 0 aromatic rings. The van der Waals surface area contributed by atoms with E-state index < -0.39 is 38.6 Å². The fourth-order valence-electron chi connectivity index (χ4n) is 3.24. The van der Waals surface area contributed by atoms with E-state index in [1.54, 1.807) is 13.8 Å². The summed E-state index contributed by atoms with van der Waals surface area (Å²) in [6, 6.07) is 0. The number of carbonyl (C=O) groups is 2. The van der Waals surface area contributed by atoms with E-state index in [1.807, 2.05) is 6.92 Å². The number of carboxylic acids is 2. The molecule has 0 bridgehead atoms.